The largest absolute Gasteiger partial charge is 0.377 e. The van der Waals surface area contributed by atoms with Crippen LogP contribution >= 0.6 is 0 Å². The molecule has 0 unspecified atom stereocenters. The van der Waals surface area contributed by atoms with Crippen LogP contribution in [0.2, 0.25) is 0 Å². The molecular weight excluding hydrogens is 172 g/mol. The molecule has 1 heteroatoms. The summed E-state index contributed by atoms with van der Waals surface area (Å²) in [7, 11) is 0. The van der Waals surface area contributed by atoms with E-state index in [1.807, 2.05) is 6.07 Å². The fraction of sp³-hybridized carbons (Fsp3) is 0.385. The smallest absolute Gasteiger partial charge is 0.0650 e. The summed E-state index contributed by atoms with van der Waals surface area (Å²) in [5.41, 5.74) is 2.65. The van der Waals surface area contributed by atoms with Gasteiger partial charge in [-0.3, -0.25) is 0 Å². The number of hydrogen-bond acceptors (Lipinski definition) is 1. The van der Waals surface area contributed by atoms with Crippen molar-refractivity contribution < 1.29 is 4.74 Å². The molecule has 1 aromatic carbocycles. The van der Waals surface area contributed by atoms with Crippen LogP contribution in [-0.2, 0) is 11.2 Å². The van der Waals surface area contributed by atoms with Crippen LogP contribution in [0, 0.1) is 0 Å². The van der Waals surface area contributed by atoms with Gasteiger partial charge in [-0.05, 0) is 25.8 Å². The van der Waals surface area contributed by atoms with Gasteiger partial charge in [0.05, 0.1) is 13.2 Å². The quantitative estimate of drug-likeness (QED) is 0.511. The molecule has 0 spiro atoms. The molecule has 0 fully saturated rings. The van der Waals surface area contributed by atoms with Crippen molar-refractivity contribution in [2.24, 2.45) is 0 Å². The molecule has 0 aliphatic carbocycles. The van der Waals surface area contributed by atoms with Crippen LogP contribution in [0.3, 0.4) is 0 Å². The summed E-state index contributed by atoms with van der Waals surface area (Å²) in [6, 6.07) is 10.4. The van der Waals surface area contributed by atoms with E-state index in [0.717, 1.165) is 19.6 Å². The summed E-state index contributed by atoms with van der Waals surface area (Å²) >= 11 is 0. The molecule has 0 amide bonds. The first kappa shape index (κ1) is 11.0. The van der Waals surface area contributed by atoms with Gasteiger partial charge in [-0.15, -0.1) is 0 Å². The Balaban J connectivity index is 2.14. The number of allylic oxidation sites excluding steroid dienone is 1. The first-order chi connectivity index (χ1) is 6.79. The van der Waals surface area contributed by atoms with Gasteiger partial charge in [-0.25, -0.2) is 0 Å². The van der Waals surface area contributed by atoms with Crippen molar-refractivity contribution in [3.8, 4) is 0 Å². The zero-order chi connectivity index (χ0) is 10.2. The molecular formula is C13H18O. The van der Waals surface area contributed by atoms with E-state index in [-0.39, 0.29) is 0 Å². The van der Waals surface area contributed by atoms with Gasteiger partial charge in [0, 0.05) is 0 Å². The number of rotatable bonds is 5. The maximum absolute atomic E-state index is 5.47. The normalized spacial score (nSPS) is 9.86. The Morgan fingerprint density at radius 3 is 2.57 bits per heavy atom. The van der Waals surface area contributed by atoms with Gasteiger partial charge in [0.1, 0.15) is 0 Å². The molecule has 0 bridgehead atoms. The monoisotopic (exact) mass is 190 g/mol. The lowest BCUT2D eigenvalue weighted by atomic mass is 10.2. The minimum atomic E-state index is 0.731. The first-order valence-corrected chi connectivity index (χ1v) is 5.04. The second kappa shape index (κ2) is 6.39. The average Bonchev–Trinajstić information content (AvgIpc) is 2.18. The summed E-state index contributed by atoms with van der Waals surface area (Å²) < 4.78 is 5.47. The highest BCUT2D eigenvalue weighted by molar-refractivity contribution is 5.14. The SMILES string of the molecule is CC(C)=CCOCCc1ccccc1. The molecule has 1 aromatic rings. The van der Waals surface area contributed by atoms with Gasteiger partial charge >= 0.3 is 0 Å². The van der Waals surface area contributed by atoms with E-state index < -0.39 is 0 Å². The molecule has 0 N–H and O–H groups in total. The van der Waals surface area contributed by atoms with Crippen LogP contribution < -0.4 is 0 Å². The zero-order valence-corrected chi connectivity index (χ0v) is 8.99. The van der Waals surface area contributed by atoms with Crippen molar-refractivity contribution in [1.29, 1.82) is 0 Å². The Morgan fingerprint density at radius 2 is 1.93 bits per heavy atom. The second-order valence-electron chi connectivity index (χ2n) is 3.59. The van der Waals surface area contributed by atoms with Crippen molar-refractivity contribution in [3.05, 3.63) is 47.5 Å². The third kappa shape index (κ3) is 4.83. The molecule has 0 saturated carbocycles. The predicted molar refractivity (Wildman–Crippen MR) is 60.4 cm³/mol. The van der Waals surface area contributed by atoms with Crippen molar-refractivity contribution in [1.82, 2.24) is 0 Å². The highest BCUT2D eigenvalue weighted by Gasteiger charge is 1.90. The Kier molecular flexibility index (Phi) is 5.02. The van der Waals surface area contributed by atoms with Crippen LogP contribution in [0.25, 0.3) is 0 Å². The maximum Gasteiger partial charge on any atom is 0.0650 e. The number of benzene rings is 1. The fourth-order valence-corrected chi connectivity index (χ4v) is 1.14. The lowest BCUT2D eigenvalue weighted by Crippen LogP contribution is -1.98. The topological polar surface area (TPSA) is 9.23 Å². The van der Waals surface area contributed by atoms with Crippen LogP contribution in [0.1, 0.15) is 19.4 Å². The van der Waals surface area contributed by atoms with Crippen molar-refractivity contribution >= 4 is 0 Å². The fourth-order valence-electron chi connectivity index (χ4n) is 1.14. The van der Waals surface area contributed by atoms with Crippen LogP contribution in [0.4, 0.5) is 0 Å². The Labute approximate surface area is 86.4 Å². The summed E-state index contributed by atoms with van der Waals surface area (Å²) in [6.45, 7) is 5.70. The lowest BCUT2D eigenvalue weighted by molar-refractivity contribution is 0.165. The molecule has 0 aromatic heterocycles. The summed E-state index contributed by atoms with van der Waals surface area (Å²) in [5.74, 6) is 0. The number of ether oxygens (including phenoxy) is 1. The average molecular weight is 190 g/mol. The summed E-state index contributed by atoms with van der Waals surface area (Å²) in [5, 5.41) is 0. The summed E-state index contributed by atoms with van der Waals surface area (Å²) in [4.78, 5) is 0. The molecule has 0 atom stereocenters. The van der Waals surface area contributed by atoms with Gasteiger partial charge in [0.2, 0.25) is 0 Å². The zero-order valence-electron chi connectivity index (χ0n) is 8.99. The minimum Gasteiger partial charge on any atom is -0.377 e. The van der Waals surface area contributed by atoms with E-state index in [9.17, 15) is 0 Å². The molecule has 14 heavy (non-hydrogen) atoms. The highest BCUT2D eigenvalue weighted by Crippen LogP contribution is 1.99. The van der Waals surface area contributed by atoms with Gasteiger partial charge < -0.3 is 4.74 Å². The Hall–Kier alpha value is -1.08. The van der Waals surface area contributed by atoms with Gasteiger partial charge in [-0.2, -0.15) is 0 Å². The highest BCUT2D eigenvalue weighted by atomic mass is 16.5. The molecule has 1 rings (SSSR count). The molecule has 1 nitrogen and oxygen atoms in total. The maximum atomic E-state index is 5.47. The van der Waals surface area contributed by atoms with E-state index in [2.05, 4.69) is 44.2 Å². The molecule has 0 radical (unpaired) electrons. The van der Waals surface area contributed by atoms with E-state index in [1.165, 1.54) is 11.1 Å². The van der Waals surface area contributed by atoms with Gasteiger partial charge in [-0.1, -0.05) is 42.0 Å². The van der Waals surface area contributed by atoms with E-state index in [4.69, 9.17) is 4.74 Å². The van der Waals surface area contributed by atoms with Crippen LogP contribution in [-0.4, -0.2) is 13.2 Å². The van der Waals surface area contributed by atoms with Crippen molar-refractivity contribution in [3.63, 3.8) is 0 Å². The third-order valence-electron chi connectivity index (χ3n) is 1.99. The predicted octanol–water partition coefficient (Wildman–Crippen LogP) is 3.21. The van der Waals surface area contributed by atoms with E-state index in [1.54, 1.807) is 0 Å². The molecule has 0 aliphatic rings. The molecule has 76 valence electrons. The Bertz CT molecular complexity index is 271. The van der Waals surface area contributed by atoms with Crippen LogP contribution in [0.5, 0.6) is 0 Å². The third-order valence-corrected chi connectivity index (χ3v) is 1.99. The molecule has 0 saturated heterocycles. The van der Waals surface area contributed by atoms with Gasteiger partial charge in [0.15, 0.2) is 0 Å². The second-order valence-corrected chi connectivity index (χ2v) is 3.59. The standard InChI is InChI=1S/C13H18O/c1-12(2)8-10-14-11-9-13-6-4-3-5-7-13/h3-8H,9-11H2,1-2H3. The minimum absolute atomic E-state index is 0.731. The van der Waals surface area contributed by atoms with E-state index in [0.29, 0.717) is 0 Å². The van der Waals surface area contributed by atoms with Gasteiger partial charge in [0.25, 0.3) is 0 Å². The molecule has 0 heterocycles. The van der Waals surface area contributed by atoms with Crippen molar-refractivity contribution in [2.75, 3.05) is 13.2 Å². The van der Waals surface area contributed by atoms with Crippen LogP contribution in [0.15, 0.2) is 42.0 Å². The van der Waals surface area contributed by atoms with E-state index >= 15 is 0 Å². The summed E-state index contributed by atoms with van der Waals surface area (Å²) in [6.07, 6.45) is 3.10. The van der Waals surface area contributed by atoms with Crippen molar-refractivity contribution in [2.45, 2.75) is 20.3 Å². The number of hydrogen-bond donors (Lipinski definition) is 0. The Morgan fingerprint density at radius 1 is 1.21 bits per heavy atom. The molecule has 0 aliphatic heterocycles. The first-order valence-electron chi connectivity index (χ1n) is 5.04. The lowest BCUT2D eigenvalue weighted by Gasteiger charge is -2.01.